The first-order valence-corrected chi connectivity index (χ1v) is 5.28. The Kier molecular flexibility index (Phi) is 3.48. The molecule has 1 N–H and O–H groups in total. The Hall–Kier alpha value is -2.49. The predicted octanol–water partition coefficient (Wildman–Crippen LogP) is 3.27. The largest absolute Gasteiger partial charge is 0.478 e. The smallest absolute Gasteiger partial charge is 0.335 e. The van der Waals surface area contributed by atoms with Gasteiger partial charge < -0.3 is 5.11 Å². The molecule has 0 radical (unpaired) electrons. The van der Waals surface area contributed by atoms with Crippen LogP contribution in [0.4, 0.5) is 10.1 Å². The van der Waals surface area contributed by atoms with E-state index in [0.29, 0.717) is 5.69 Å². The van der Waals surface area contributed by atoms with Crippen molar-refractivity contribution >= 4 is 17.9 Å². The third-order valence-corrected chi connectivity index (χ3v) is 2.35. The molecular formula is C14H10FNO2. The number of carboxylic acid groups (broad SMARTS) is 1. The molecule has 2 aromatic rings. The molecule has 0 amide bonds. The molecule has 0 fully saturated rings. The molecule has 0 aliphatic rings. The van der Waals surface area contributed by atoms with Gasteiger partial charge in [-0.05, 0) is 42.0 Å². The van der Waals surface area contributed by atoms with Crippen LogP contribution in [0.15, 0.2) is 53.5 Å². The van der Waals surface area contributed by atoms with Crippen molar-refractivity contribution in [3.63, 3.8) is 0 Å². The number of benzene rings is 2. The summed E-state index contributed by atoms with van der Waals surface area (Å²) in [5.74, 6) is -1.26. The molecule has 0 unspecified atom stereocenters. The number of halogens is 1. The number of hydrogen-bond acceptors (Lipinski definition) is 2. The van der Waals surface area contributed by atoms with Crippen LogP contribution in [0, 0.1) is 5.82 Å². The fraction of sp³-hybridized carbons (Fsp3) is 0. The topological polar surface area (TPSA) is 49.7 Å². The Balaban J connectivity index is 2.13. The summed E-state index contributed by atoms with van der Waals surface area (Å²) >= 11 is 0. The van der Waals surface area contributed by atoms with Gasteiger partial charge >= 0.3 is 5.97 Å². The molecule has 0 aliphatic heterocycles. The first kappa shape index (κ1) is 12.0. The van der Waals surface area contributed by atoms with Crippen LogP contribution >= 0.6 is 0 Å². The molecule has 0 heterocycles. The monoisotopic (exact) mass is 243 g/mol. The summed E-state index contributed by atoms with van der Waals surface area (Å²) in [5.41, 5.74) is 1.64. The quantitative estimate of drug-likeness (QED) is 0.841. The minimum absolute atomic E-state index is 0.218. The number of carbonyl (C=O) groups is 1. The van der Waals surface area contributed by atoms with E-state index in [2.05, 4.69) is 4.99 Å². The minimum Gasteiger partial charge on any atom is -0.478 e. The zero-order chi connectivity index (χ0) is 13.0. The van der Waals surface area contributed by atoms with Crippen molar-refractivity contribution < 1.29 is 14.3 Å². The molecular weight excluding hydrogens is 233 g/mol. The molecule has 0 saturated carbocycles. The third kappa shape index (κ3) is 3.01. The fourth-order valence-electron chi connectivity index (χ4n) is 1.39. The molecule has 0 aromatic heterocycles. The zero-order valence-corrected chi connectivity index (χ0v) is 9.38. The maximum atomic E-state index is 12.7. The Bertz CT molecular complexity index is 574. The first-order valence-electron chi connectivity index (χ1n) is 5.28. The summed E-state index contributed by atoms with van der Waals surface area (Å²) in [5, 5.41) is 8.74. The number of aliphatic imine (C=N–C) groups is 1. The van der Waals surface area contributed by atoms with E-state index >= 15 is 0 Å². The average Bonchev–Trinajstić information content (AvgIpc) is 2.38. The second-order valence-electron chi connectivity index (χ2n) is 3.66. The number of rotatable bonds is 3. The van der Waals surface area contributed by atoms with E-state index in [-0.39, 0.29) is 11.4 Å². The van der Waals surface area contributed by atoms with E-state index in [1.807, 2.05) is 0 Å². The van der Waals surface area contributed by atoms with Crippen molar-refractivity contribution in [2.45, 2.75) is 0 Å². The standard InChI is InChI=1S/C14H10FNO2/c15-12-5-1-10(2-6-12)9-16-13-7-3-11(4-8-13)14(17)18/h1-9H,(H,17,18). The highest BCUT2D eigenvalue weighted by Crippen LogP contribution is 2.13. The fourth-order valence-corrected chi connectivity index (χ4v) is 1.39. The molecule has 4 heteroatoms. The highest BCUT2D eigenvalue weighted by atomic mass is 19.1. The Labute approximate surface area is 103 Å². The summed E-state index contributed by atoms with van der Waals surface area (Å²) < 4.78 is 12.7. The molecule has 0 saturated heterocycles. The summed E-state index contributed by atoms with van der Waals surface area (Å²) in [7, 11) is 0. The molecule has 0 spiro atoms. The van der Waals surface area contributed by atoms with Gasteiger partial charge in [-0.15, -0.1) is 0 Å². The van der Waals surface area contributed by atoms with Crippen LogP contribution in [0.2, 0.25) is 0 Å². The lowest BCUT2D eigenvalue weighted by atomic mass is 10.2. The number of aromatic carboxylic acids is 1. The van der Waals surface area contributed by atoms with Crippen molar-refractivity contribution in [2.75, 3.05) is 0 Å². The average molecular weight is 243 g/mol. The normalized spacial score (nSPS) is 10.7. The highest BCUT2D eigenvalue weighted by molar-refractivity contribution is 5.88. The van der Waals surface area contributed by atoms with Crippen molar-refractivity contribution in [3.05, 3.63) is 65.5 Å². The van der Waals surface area contributed by atoms with Gasteiger partial charge in [0, 0.05) is 6.21 Å². The molecule has 2 rings (SSSR count). The number of carboxylic acids is 1. The van der Waals surface area contributed by atoms with Gasteiger partial charge in [0.2, 0.25) is 0 Å². The molecule has 0 aliphatic carbocycles. The number of nitrogens with zero attached hydrogens (tertiary/aromatic N) is 1. The zero-order valence-electron chi connectivity index (χ0n) is 9.38. The molecule has 0 bridgehead atoms. The molecule has 18 heavy (non-hydrogen) atoms. The van der Waals surface area contributed by atoms with Gasteiger partial charge in [0.15, 0.2) is 0 Å². The third-order valence-electron chi connectivity index (χ3n) is 2.35. The van der Waals surface area contributed by atoms with E-state index in [9.17, 15) is 9.18 Å². The Morgan fingerprint density at radius 3 is 2.22 bits per heavy atom. The summed E-state index contributed by atoms with van der Waals surface area (Å²) in [6.07, 6.45) is 1.59. The van der Waals surface area contributed by atoms with Gasteiger partial charge in [0.25, 0.3) is 0 Å². The van der Waals surface area contributed by atoms with Gasteiger partial charge in [-0.25, -0.2) is 9.18 Å². The van der Waals surface area contributed by atoms with Crippen LogP contribution in [-0.4, -0.2) is 17.3 Å². The molecule has 2 aromatic carbocycles. The van der Waals surface area contributed by atoms with Crippen molar-refractivity contribution in [3.8, 4) is 0 Å². The van der Waals surface area contributed by atoms with Crippen LogP contribution in [0.25, 0.3) is 0 Å². The maximum absolute atomic E-state index is 12.7. The van der Waals surface area contributed by atoms with Gasteiger partial charge in [0.1, 0.15) is 5.82 Å². The molecule has 3 nitrogen and oxygen atoms in total. The van der Waals surface area contributed by atoms with Crippen LogP contribution in [0.5, 0.6) is 0 Å². The first-order chi connectivity index (χ1) is 8.65. The van der Waals surface area contributed by atoms with E-state index in [1.165, 1.54) is 24.3 Å². The van der Waals surface area contributed by atoms with E-state index in [0.717, 1.165) is 5.56 Å². The lowest BCUT2D eigenvalue weighted by Gasteiger charge is -1.96. The molecule has 0 atom stereocenters. The van der Waals surface area contributed by atoms with Gasteiger partial charge in [-0.1, -0.05) is 12.1 Å². The second-order valence-corrected chi connectivity index (χ2v) is 3.66. The van der Waals surface area contributed by atoms with Gasteiger partial charge in [-0.2, -0.15) is 0 Å². The Morgan fingerprint density at radius 2 is 1.67 bits per heavy atom. The van der Waals surface area contributed by atoms with Crippen LogP contribution in [0.1, 0.15) is 15.9 Å². The maximum Gasteiger partial charge on any atom is 0.335 e. The molecule has 90 valence electrons. The minimum atomic E-state index is -0.968. The van der Waals surface area contributed by atoms with E-state index in [4.69, 9.17) is 5.11 Å². The summed E-state index contributed by atoms with van der Waals surface area (Å²) in [4.78, 5) is 14.8. The summed E-state index contributed by atoms with van der Waals surface area (Å²) in [6, 6.07) is 12.1. The lowest BCUT2D eigenvalue weighted by Crippen LogP contribution is -1.94. The van der Waals surface area contributed by atoms with Gasteiger partial charge in [0.05, 0.1) is 11.3 Å². The van der Waals surface area contributed by atoms with Crippen LogP contribution in [-0.2, 0) is 0 Å². The highest BCUT2D eigenvalue weighted by Gasteiger charge is 2.00. The predicted molar refractivity (Wildman–Crippen MR) is 67.1 cm³/mol. The second kappa shape index (κ2) is 5.23. The van der Waals surface area contributed by atoms with E-state index < -0.39 is 5.97 Å². The van der Waals surface area contributed by atoms with Crippen molar-refractivity contribution in [2.24, 2.45) is 4.99 Å². The van der Waals surface area contributed by atoms with E-state index in [1.54, 1.807) is 30.5 Å². The Morgan fingerprint density at radius 1 is 1.06 bits per heavy atom. The van der Waals surface area contributed by atoms with Crippen molar-refractivity contribution in [1.82, 2.24) is 0 Å². The van der Waals surface area contributed by atoms with Crippen LogP contribution < -0.4 is 0 Å². The van der Waals surface area contributed by atoms with Crippen molar-refractivity contribution in [1.29, 1.82) is 0 Å². The lowest BCUT2D eigenvalue weighted by molar-refractivity contribution is 0.0697. The van der Waals surface area contributed by atoms with Crippen LogP contribution in [0.3, 0.4) is 0 Å². The summed E-state index contributed by atoms with van der Waals surface area (Å²) in [6.45, 7) is 0. The van der Waals surface area contributed by atoms with Gasteiger partial charge in [-0.3, -0.25) is 4.99 Å². The SMILES string of the molecule is O=C(O)c1ccc(N=Cc2ccc(F)cc2)cc1. The number of hydrogen-bond donors (Lipinski definition) is 1.